The predicted octanol–water partition coefficient (Wildman–Crippen LogP) is 3.82. The molecular formula is C19H27N3O2. The van der Waals surface area contributed by atoms with Crippen LogP contribution in [0.15, 0.2) is 35.3 Å². The summed E-state index contributed by atoms with van der Waals surface area (Å²) in [4.78, 5) is 18.8. The molecule has 1 aliphatic rings. The Morgan fingerprint density at radius 2 is 2.29 bits per heavy atom. The van der Waals surface area contributed by atoms with Crippen LogP contribution in [0.1, 0.15) is 57.1 Å². The Labute approximate surface area is 143 Å². The Morgan fingerprint density at radius 3 is 3.00 bits per heavy atom. The zero-order chi connectivity index (χ0) is 16.9. The van der Waals surface area contributed by atoms with Gasteiger partial charge in [0, 0.05) is 38.3 Å². The average molecular weight is 329 g/mol. The summed E-state index contributed by atoms with van der Waals surface area (Å²) in [6.07, 6.45) is 9.87. The van der Waals surface area contributed by atoms with Gasteiger partial charge in [-0.3, -0.25) is 4.79 Å². The van der Waals surface area contributed by atoms with Crippen LogP contribution in [0.25, 0.3) is 0 Å². The molecule has 1 amide bonds. The van der Waals surface area contributed by atoms with Crippen molar-refractivity contribution < 1.29 is 9.21 Å². The first-order chi connectivity index (χ1) is 11.7. The van der Waals surface area contributed by atoms with Crippen molar-refractivity contribution in [2.24, 2.45) is 5.92 Å². The second kappa shape index (κ2) is 7.69. The van der Waals surface area contributed by atoms with Gasteiger partial charge in [-0.05, 0) is 37.3 Å². The van der Waals surface area contributed by atoms with Crippen molar-refractivity contribution in [1.82, 2.24) is 14.5 Å². The molecule has 0 bridgehead atoms. The summed E-state index contributed by atoms with van der Waals surface area (Å²) in [6, 6.07) is 4.18. The molecule has 0 aliphatic carbocycles. The molecule has 0 radical (unpaired) electrons. The standard InChI is InChI=1S/C19H27N3O2/c1-3-16-6-7-18(24-16)17-13-15(2)8-11-22(17)19(23)5-4-10-21-12-9-20-14-21/h6-7,9,12,14-15,17H,3-5,8,10-11,13H2,1-2H3/t15-,17+/m1/s1. The Bertz CT molecular complexity index is 647. The first-order valence-corrected chi connectivity index (χ1v) is 9.01. The first kappa shape index (κ1) is 16.8. The number of nitrogens with zero attached hydrogens (tertiary/aromatic N) is 3. The number of carbonyl (C=O) groups is 1. The number of furan rings is 1. The quantitative estimate of drug-likeness (QED) is 0.809. The van der Waals surface area contributed by atoms with E-state index in [0.717, 1.165) is 50.3 Å². The van der Waals surface area contributed by atoms with Crippen molar-refractivity contribution in [3.05, 3.63) is 42.4 Å². The van der Waals surface area contributed by atoms with Crippen molar-refractivity contribution in [3.63, 3.8) is 0 Å². The molecule has 3 heterocycles. The van der Waals surface area contributed by atoms with E-state index in [9.17, 15) is 4.79 Å². The molecule has 130 valence electrons. The molecular weight excluding hydrogens is 302 g/mol. The van der Waals surface area contributed by atoms with Gasteiger partial charge in [-0.25, -0.2) is 4.98 Å². The molecule has 0 N–H and O–H groups in total. The number of hydrogen-bond acceptors (Lipinski definition) is 3. The normalized spacial score (nSPS) is 21.2. The monoisotopic (exact) mass is 329 g/mol. The Hall–Kier alpha value is -2.04. The highest BCUT2D eigenvalue weighted by atomic mass is 16.3. The topological polar surface area (TPSA) is 51.3 Å². The van der Waals surface area contributed by atoms with E-state index in [1.165, 1.54) is 0 Å². The van der Waals surface area contributed by atoms with Crippen LogP contribution in [0.4, 0.5) is 0 Å². The number of piperidine rings is 1. The molecule has 1 saturated heterocycles. The maximum atomic E-state index is 12.8. The van der Waals surface area contributed by atoms with Gasteiger partial charge < -0.3 is 13.9 Å². The van der Waals surface area contributed by atoms with Crippen molar-refractivity contribution in [1.29, 1.82) is 0 Å². The smallest absolute Gasteiger partial charge is 0.223 e. The minimum atomic E-state index is 0.0924. The summed E-state index contributed by atoms with van der Waals surface area (Å²) >= 11 is 0. The van der Waals surface area contributed by atoms with Gasteiger partial charge in [0.15, 0.2) is 0 Å². The number of amides is 1. The molecule has 2 atom stereocenters. The highest BCUT2D eigenvalue weighted by Gasteiger charge is 2.32. The van der Waals surface area contributed by atoms with Crippen LogP contribution in [0, 0.1) is 5.92 Å². The summed E-state index contributed by atoms with van der Waals surface area (Å²) < 4.78 is 7.98. The van der Waals surface area contributed by atoms with E-state index in [0.29, 0.717) is 12.3 Å². The number of rotatable bonds is 6. The zero-order valence-corrected chi connectivity index (χ0v) is 14.6. The highest BCUT2D eigenvalue weighted by molar-refractivity contribution is 5.76. The van der Waals surface area contributed by atoms with Crippen LogP contribution >= 0.6 is 0 Å². The van der Waals surface area contributed by atoms with Gasteiger partial charge in [-0.15, -0.1) is 0 Å². The highest BCUT2D eigenvalue weighted by Crippen LogP contribution is 2.35. The molecule has 24 heavy (non-hydrogen) atoms. The van der Waals surface area contributed by atoms with Crippen molar-refractivity contribution in [2.75, 3.05) is 6.54 Å². The van der Waals surface area contributed by atoms with E-state index in [4.69, 9.17) is 4.42 Å². The van der Waals surface area contributed by atoms with E-state index in [1.807, 2.05) is 27.8 Å². The van der Waals surface area contributed by atoms with Crippen molar-refractivity contribution in [3.8, 4) is 0 Å². The Balaban J connectivity index is 1.63. The molecule has 0 unspecified atom stereocenters. The fraction of sp³-hybridized carbons (Fsp3) is 0.579. The molecule has 5 heteroatoms. The van der Waals surface area contributed by atoms with Crippen LogP contribution < -0.4 is 0 Å². The largest absolute Gasteiger partial charge is 0.464 e. The third-order valence-corrected chi connectivity index (χ3v) is 4.91. The lowest BCUT2D eigenvalue weighted by Crippen LogP contribution is -2.40. The molecule has 0 saturated carbocycles. The van der Waals surface area contributed by atoms with Gasteiger partial charge in [0.1, 0.15) is 11.5 Å². The summed E-state index contributed by atoms with van der Waals surface area (Å²) in [5, 5.41) is 0. The number of aromatic nitrogens is 2. The van der Waals surface area contributed by atoms with Crippen LogP contribution in [0.5, 0.6) is 0 Å². The molecule has 2 aromatic heterocycles. The Morgan fingerprint density at radius 1 is 1.42 bits per heavy atom. The van der Waals surface area contributed by atoms with Gasteiger partial charge in [0.2, 0.25) is 5.91 Å². The van der Waals surface area contributed by atoms with E-state index >= 15 is 0 Å². The maximum absolute atomic E-state index is 12.8. The summed E-state index contributed by atoms with van der Waals surface area (Å²) in [6.45, 7) is 6.02. The molecule has 0 aromatic carbocycles. The van der Waals surface area contributed by atoms with E-state index in [2.05, 4.69) is 18.8 Å². The number of likely N-dealkylation sites (tertiary alicyclic amines) is 1. The summed E-state index contributed by atoms with van der Waals surface area (Å²) in [5.74, 6) is 2.80. The van der Waals surface area contributed by atoms with Gasteiger partial charge in [0.25, 0.3) is 0 Å². The first-order valence-electron chi connectivity index (χ1n) is 9.01. The van der Waals surface area contributed by atoms with E-state index in [-0.39, 0.29) is 11.9 Å². The second-order valence-electron chi connectivity index (χ2n) is 6.79. The number of imidazole rings is 1. The molecule has 0 spiro atoms. The van der Waals surface area contributed by atoms with Gasteiger partial charge in [0.05, 0.1) is 12.4 Å². The fourth-order valence-electron chi connectivity index (χ4n) is 3.45. The molecule has 3 rings (SSSR count). The number of carbonyl (C=O) groups excluding carboxylic acids is 1. The van der Waals surface area contributed by atoms with E-state index in [1.54, 1.807) is 12.5 Å². The lowest BCUT2D eigenvalue weighted by atomic mass is 9.90. The maximum Gasteiger partial charge on any atom is 0.223 e. The van der Waals surface area contributed by atoms with Crippen LogP contribution in [0.2, 0.25) is 0 Å². The van der Waals surface area contributed by atoms with Crippen LogP contribution in [-0.2, 0) is 17.8 Å². The zero-order valence-electron chi connectivity index (χ0n) is 14.6. The fourth-order valence-corrected chi connectivity index (χ4v) is 3.45. The summed E-state index contributed by atoms with van der Waals surface area (Å²) in [7, 11) is 0. The number of aryl methyl sites for hydroxylation is 2. The van der Waals surface area contributed by atoms with Gasteiger partial charge in [-0.1, -0.05) is 13.8 Å². The van der Waals surface area contributed by atoms with Gasteiger partial charge >= 0.3 is 0 Å². The van der Waals surface area contributed by atoms with Crippen molar-refractivity contribution in [2.45, 2.75) is 58.5 Å². The SMILES string of the molecule is CCc1ccc([C@@H]2C[C@H](C)CCN2C(=O)CCCn2ccnc2)o1. The predicted molar refractivity (Wildman–Crippen MR) is 92.4 cm³/mol. The third-order valence-electron chi connectivity index (χ3n) is 4.91. The number of hydrogen-bond donors (Lipinski definition) is 0. The van der Waals surface area contributed by atoms with Crippen LogP contribution in [0.3, 0.4) is 0 Å². The minimum Gasteiger partial charge on any atom is -0.464 e. The second-order valence-corrected chi connectivity index (χ2v) is 6.79. The van der Waals surface area contributed by atoms with E-state index < -0.39 is 0 Å². The summed E-state index contributed by atoms with van der Waals surface area (Å²) in [5.41, 5.74) is 0. The molecule has 1 fully saturated rings. The molecule has 1 aliphatic heterocycles. The molecule has 2 aromatic rings. The minimum absolute atomic E-state index is 0.0924. The molecule has 5 nitrogen and oxygen atoms in total. The lowest BCUT2D eigenvalue weighted by Gasteiger charge is -2.37. The van der Waals surface area contributed by atoms with Gasteiger partial charge in [-0.2, -0.15) is 0 Å². The lowest BCUT2D eigenvalue weighted by molar-refractivity contribution is -0.136. The average Bonchev–Trinajstić information content (AvgIpc) is 3.26. The van der Waals surface area contributed by atoms with Crippen molar-refractivity contribution >= 4 is 5.91 Å². The van der Waals surface area contributed by atoms with Crippen LogP contribution in [-0.4, -0.2) is 26.9 Å². The third kappa shape index (κ3) is 3.89. The Kier molecular flexibility index (Phi) is 5.38.